The molecule has 2 atom stereocenters. The molecule has 3 aliphatic heterocycles. The highest BCUT2D eigenvalue weighted by Crippen LogP contribution is 2.29. The third kappa shape index (κ3) is 2.93. The first kappa shape index (κ1) is 14.4. The third-order valence-electron chi connectivity index (χ3n) is 4.63. The minimum atomic E-state index is -0.524. The molecule has 0 aliphatic carbocycles. The molecule has 0 radical (unpaired) electrons. The van der Waals surface area contributed by atoms with E-state index < -0.39 is 5.82 Å². The number of piperidine rings is 1. The second-order valence-electron chi connectivity index (χ2n) is 6.16. The quantitative estimate of drug-likeness (QED) is 0.856. The van der Waals surface area contributed by atoms with Crippen molar-refractivity contribution >= 4 is 5.91 Å². The van der Waals surface area contributed by atoms with Gasteiger partial charge in [-0.1, -0.05) is 6.92 Å². The maximum Gasteiger partial charge on any atom is 0.257 e. The molecule has 1 aromatic rings. The first-order valence-electron chi connectivity index (χ1n) is 7.82. The number of hydrogen-bond acceptors (Lipinski definition) is 3. The molecule has 0 N–H and O–H groups in total. The summed E-state index contributed by atoms with van der Waals surface area (Å²) in [6, 6.07) is 1.91. The Morgan fingerprint density at radius 3 is 3.00 bits per heavy atom. The molecule has 2 bridgehead atoms. The van der Waals surface area contributed by atoms with Gasteiger partial charge in [0.1, 0.15) is 0 Å². The van der Waals surface area contributed by atoms with Gasteiger partial charge in [-0.3, -0.25) is 14.7 Å². The smallest absolute Gasteiger partial charge is 0.257 e. The topological polar surface area (TPSA) is 36.4 Å². The Labute approximate surface area is 125 Å². The van der Waals surface area contributed by atoms with Crippen molar-refractivity contribution in [2.75, 3.05) is 26.2 Å². The molecule has 1 aromatic heterocycles. The zero-order chi connectivity index (χ0) is 14.8. The molecule has 3 aliphatic rings. The van der Waals surface area contributed by atoms with Crippen LogP contribution in [0.2, 0.25) is 0 Å². The zero-order valence-electron chi connectivity index (χ0n) is 12.5. The molecular formula is C16H22FN3O. The standard InChI is InChI=1S/C16H22FN3O/c1-2-7-19-9-12-3-4-13(19)11-20(10-12)16(21)14-5-6-18-8-15(14)17/h5-6,8,12-13H,2-4,7,9-11H2,1H3/t12-,13-/m1/s1. The average molecular weight is 291 g/mol. The lowest BCUT2D eigenvalue weighted by atomic mass is 9.95. The maximum absolute atomic E-state index is 13.8. The molecule has 1 amide bonds. The second kappa shape index (κ2) is 6.10. The van der Waals surface area contributed by atoms with Crippen LogP contribution in [0.3, 0.4) is 0 Å². The number of fused-ring (bicyclic) bond motifs is 4. The van der Waals surface area contributed by atoms with Crippen molar-refractivity contribution in [1.29, 1.82) is 0 Å². The molecular weight excluding hydrogens is 269 g/mol. The van der Waals surface area contributed by atoms with E-state index >= 15 is 0 Å². The summed E-state index contributed by atoms with van der Waals surface area (Å²) in [5.74, 6) is -0.196. The van der Waals surface area contributed by atoms with E-state index in [1.165, 1.54) is 18.7 Å². The van der Waals surface area contributed by atoms with E-state index in [2.05, 4.69) is 16.8 Å². The van der Waals surface area contributed by atoms with E-state index in [4.69, 9.17) is 0 Å². The van der Waals surface area contributed by atoms with Crippen LogP contribution in [-0.4, -0.2) is 52.9 Å². The van der Waals surface area contributed by atoms with Crippen LogP contribution in [0.1, 0.15) is 36.5 Å². The van der Waals surface area contributed by atoms with Crippen LogP contribution in [0.4, 0.5) is 4.39 Å². The number of amides is 1. The van der Waals surface area contributed by atoms with Gasteiger partial charge in [-0.25, -0.2) is 4.39 Å². The molecule has 0 unspecified atom stereocenters. The van der Waals surface area contributed by atoms with Crippen molar-refractivity contribution in [1.82, 2.24) is 14.8 Å². The summed E-state index contributed by atoms with van der Waals surface area (Å²) in [5, 5.41) is 0. The fraction of sp³-hybridized carbons (Fsp3) is 0.625. The second-order valence-corrected chi connectivity index (χ2v) is 6.16. The molecule has 3 saturated heterocycles. The van der Waals surface area contributed by atoms with Gasteiger partial charge in [0.15, 0.2) is 5.82 Å². The normalized spacial score (nSPS) is 25.9. The number of carbonyl (C=O) groups excluding carboxylic acids is 1. The highest BCUT2D eigenvalue weighted by Gasteiger charge is 2.36. The lowest BCUT2D eigenvalue weighted by Crippen LogP contribution is -2.44. The average Bonchev–Trinajstić information content (AvgIpc) is 2.79. The fourth-order valence-corrected chi connectivity index (χ4v) is 3.62. The van der Waals surface area contributed by atoms with Gasteiger partial charge < -0.3 is 4.90 Å². The summed E-state index contributed by atoms with van der Waals surface area (Å²) in [5.41, 5.74) is 0.147. The molecule has 21 heavy (non-hydrogen) atoms. The van der Waals surface area contributed by atoms with Gasteiger partial charge in [0.05, 0.1) is 11.8 Å². The number of nitrogens with zero attached hydrogens (tertiary/aromatic N) is 3. The van der Waals surface area contributed by atoms with E-state index in [1.54, 1.807) is 0 Å². The molecule has 3 fully saturated rings. The van der Waals surface area contributed by atoms with Crippen molar-refractivity contribution in [3.8, 4) is 0 Å². The van der Waals surface area contributed by atoms with E-state index in [0.29, 0.717) is 12.0 Å². The Morgan fingerprint density at radius 1 is 1.38 bits per heavy atom. The van der Waals surface area contributed by atoms with Crippen LogP contribution in [0.5, 0.6) is 0 Å². The van der Waals surface area contributed by atoms with E-state index in [9.17, 15) is 9.18 Å². The first-order valence-corrected chi connectivity index (χ1v) is 7.82. The molecule has 4 rings (SSSR count). The van der Waals surface area contributed by atoms with Crippen LogP contribution in [0, 0.1) is 11.7 Å². The highest BCUT2D eigenvalue weighted by molar-refractivity contribution is 5.94. The molecule has 0 spiro atoms. The molecule has 5 heteroatoms. The number of pyridine rings is 1. The Balaban J connectivity index is 1.78. The minimum Gasteiger partial charge on any atom is -0.337 e. The van der Waals surface area contributed by atoms with E-state index in [-0.39, 0.29) is 11.5 Å². The number of rotatable bonds is 3. The zero-order valence-corrected chi connectivity index (χ0v) is 12.5. The van der Waals surface area contributed by atoms with Gasteiger partial charge in [0.2, 0.25) is 0 Å². The molecule has 4 heterocycles. The highest BCUT2D eigenvalue weighted by atomic mass is 19.1. The van der Waals surface area contributed by atoms with Crippen LogP contribution in [-0.2, 0) is 0 Å². The van der Waals surface area contributed by atoms with Gasteiger partial charge >= 0.3 is 0 Å². The third-order valence-corrected chi connectivity index (χ3v) is 4.63. The van der Waals surface area contributed by atoms with Gasteiger partial charge in [-0.15, -0.1) is 0 Å². The van der Waals surface area contributed by atoms with Gasteiger partial charge in [0, 0.05) is 31.9 Å². The number of halogens is 1. The number of aromatic nitrogens is 1. The monoisotopic (exact) mass is 291 g/mol. The Hall–Kier alpha value is -1.49. The first-order chi connectivity index (χ1) is 10.2. The largest absolute Gasteiger partial charge is 0.337 e. The van der Waals surface area contributed by atoms with Crippen molar-refractivity contribution in [2.24, 2.45) is 5.92 Å². The lowest BCUT2D eigenvalue weighted by Gasteiger charge is -2.35. The number of hydrogen-bond donors (Lipinski definition) is 0. The minimum absolute atomic E-state index is 0.147. The van der Waals surface area contributed by atoms with Gasteiger partial charge in [0.25, 0.3) is 5.91 Å². The van der Waals surface area contributed by atoms with Crippen molar-refractivity contribution < 1.29 is 9.18 Å². The molecule has 0 saturated carbocycles. The number of carbonyl (C=O) groups is 1. The van der Waals surface area contributed by atoms with Crippen molar-refractivity contribution in [3.05, 3.63) is 29.8 Å². The maximum atomic E-state index is 13.8. The summed E-state index contributed by atoms with van der Waals surface area (Å²) < 4.78 is 13.8. The Kier molecular flexibility index (Phi) is 4.19. The predicted molar refractivity (Wildman–Crippen MR) is 78.5 cm³/mol. The van der Waals surface area contributed by atoms with E-state index in [1.807, 2.05) is 4.90 Å². The Morgan fingerprint density at radius 2 is 2.24 bits per heavy atom. The predicted octanol–water partition coefficient (Wildman–Crippen LogP) is 2.17. The summed E-state index contributed by atoms with van der Waals surface area (Å²) in [7, 11) is 0. The van der Waals surface area contributed by atoms with Gasteiger partial charge in [-0.05, 0) is 37.8 Å². The van der Waals surface area contributed by atoms with E-state index in [0.717, 1.165) is 45.2 Å². The summed E-state index contributed by atoms with van der Waals surface area (Å²) in [6.07, 6.45) is 6.05. The summed E-state index contributed by atoms with van der Waals surface area (Å²) in [6.45, 7) is 5.82. The SMILES string of the molecule is CCCN1C[C@H]2CC[C@@H]1CN(C(=O)c1ccncc1F)C2. The molecule has 0 aromatic carbocycles. The van der Waals surface area contributed by atoms with Crippen molar-refractivity contribution in [3.63, 3.8) is 0 Å². The fourth-order valence-electron chi connectivity index (χ4n) is 3.62. The Bertz CT molecular complexity index is 522. The van der Waals surface area contributed by atoms with Crippen LogP contribution in [0.25, 0.3) is 0 Å². The summed E-state index contributed by atoms with van der Waals surface area (Å²) in [4.78, 5) is 20.7. The van der Waals surface area contributed by atoms with Crippen molar-refractivity contribution in [2.45, 2.75) is 32.2 Å². The van der Waals surface area contributed by atoms with Crippen LogP contribution >= 0.6 is 0 Å². The van der Waals surface area contributed by atoms with Crippen LogP contribution < -0.4 is 0 Å². The lowest BCUT2D eigenvalue weighted by molar-refractivity contribution is 0.0733. The van der Waals surface area contributed by atoms with Crippen LogP contribution in [0.15, 0.2) is 18.5 Å². The van der Waals surface area contributed by atoms with Gasteiger partial charge in [-0.2, -0.15) is 0 Å². The molecule has 114 valence electrons. The molecule has 4 nitrogen and oxygen atoms in total. The summed E-state index contributed by atoms with van der Waals surface area (Å²) >= 11 is 0.